The number of amides is 4. The van der Waals surface area contributed by atoms with Gasteiger partial charge in [0.25, 0.3) is 11.8 Å². The number of hydrogen-bond donors (Lipinski definition) is 2. The van der Waals surface area contributed by atoms with E-state index < -0.39 is 52.6 Å². The number of hydrazine groups is 1. The van der Waals surface area contributed by atoms with Crippen LogP contribution >= 0.6 is 11.6 Å². The Balaban J connectivity index is 1.45. The number of carbonyl (C=O) groups excluding carboxylic acids is 4. The molecule has 4 amide bonds. The molecule has 224 valence electrons. The van der Waals surface area contributed by atoms with E-state index in [1.54, 1.807) is 43.3 Å². The lowest BCUT2D eigenvalue weighted by Gasteiger charge is -2.50. The highest BCUT2D eigenvalue weighted by Crippen LogP contribution is 2.64. The number of rotatable bonds is 5. The molecule has 2 aliphatic heterocycles. The van der Waals surface area contributed by atoms with Gasteiger partial charge in [-0.1, -0.05) is 47.5 Å². The fourth-order valence-corrected chi connectivity index (χ4v) is 8.20. The number of nitrogens with zero attached hydrogens (tertiary/aromatic N) is 2. The van der Waals surface area contributed by atoms with Crippen molar-refractivity contribution in [1.82, 2.24) is 9.91 Å². The second-order valence-electron chi connectivity index (χ2n) is 11.9. The minimum absolute atomic E-state index is 0.0412. The summed E-state index contributed by atoms with van der Waals surface area (Å²) in [7, 11) is 0. The predicted octanol–water partition coefficient (Wildman–Crippen LogP) is 5.19. The lowest BCUT2D eigenvalue weighted by molar-refractivity contribution is -0.141. The number of aromatic hydroxyl groups is 1. The Bertz CT molecular complexity index is 1720. The second kappa shape index (κ2) is 10.3. The molecular formula is C34H29ClFN3O5. The number of halogens is 2. The monoisotopic (exact) mass is 613 g/mol. The number of phenols is 1. The summed E-state index contributed by atoms with van der Waals surface area (Å²) in [5, 5.41) is 11.6. The summed E-state index contributed by atoms with van der Waals surface area (Å²) in [6, 6.07) is 18.8. The van der Waals surface area contributed by atoms with Crippen LogP contribution in [0.25, 0.3) is 0 Å². The SMILES string of the molecule is CCN1C(=O)C2CC=C3C(CC4C(=O)N(Nc5ccc(F)cc5)C(=O)C4(c4ccc(Cl)cc4)C3c3ccc(O)cc3)C2C1=O. The molecule has 0 aromatic heterocycles. The zero-order chi connectivity index (χ0) is 30.9. The molecule has 7 rings (SSSR count). The van der Waals surface area contributed by atoms with Crippen molar-refractivity contribution in [2.45, 2.75) is 31.1 Å². The molecule has 8 nitrogen and oxygen atoms in total. The van der Waals surface area contributed by atoms with E-state index in [9.17, 15) is 28.7 Å². The van der Waals surface area contributed by atoms with Gasteiger partial charge >= 0.3 is 0 Å². The van der Waals surface area contributed by atoms with Crippen LogP contribution in [0, 0.1) is 29.5 Å². The molecule has 3 aromatic rings. The number of benzene rings is 3. The minimum Gasteiger partial charge on any atom is -0.508 e. The Hall–Kier alpha value is -4.50. The van der Waals surface area contributed by atoms with Gasteiger partial charge in [-0.3, -0.25) is 29.5 Å². The number of allylic oxidation sites excluding steroid dienone is 2. The second-order valence-corrected chi connectivity index (χ2v) is 12.3. The number of anilines is 1. The van der Waals surface area contributed by atoms with Crippen LogP contribution < -0.4 is 5.43 Å². The summed E-state index contributed by atoms with van der Waals surface area (Å²) in [6.45, 7) is 2.03. The number of hydrogen-bond acceptors (Lipinski definition) is 6. The van der Waals surface area contributed by atoms with Gasteiger partial charge < -0.3 is 5.11 Å². The highest BCUT2D eigenvalue weighted by molar-refractivity contribution is 6.30. The Labute approximate surface area is 258 Å². The molecule has 0 radical (unpaired) electrons. The molecular weight excluding hydrogens is 585 g/mol. The topological polar surface area (TPSA) is 107 Å². The lowest BCUT2D eigenvalue weighted by Crippen LogP contribution is -2.53. The van der Waals surface area contributed by atoms with E-state index in [-0.39, 0.29) is 30.5 Å². The molecule has 3 fully saturated rings. The van der Waals surface area contributed by atoms with Crippen LogP contribution in [-0.2, 0) is 24.6 Å². The van der Waals surface area contributed by atoms with E-state index in [0.717, 1.165) is 10.6 Å². The summed E-state index contributed by atoms with van der Waals surface area (Å²) in [6.07, 6.45) is 2.50. The van der Waals surface area contributed by atoms with Crippen molar-refractivity contribution in [3.05, 3.63) is 106 Å². The van der Waals surface area contributed by atoms with Gasteiger partial charge in [0.05, 0.1) is 28.9 Å². The van der Waals surface area contributed by atoms with Crippen LogP contribution in [0.3, 0.4) is 0 Å². The highest BCUT2D eigenvalue weighted by atomic mass is 35.5. The molecule has 0 bridgehead atoms. The smallest absolute Gasteiger partial charge is 0.260 e. The van der Waals surface area contributed by atoms with Crippen LogP contribution in [0.5, 0.6) is 5.75 Å². The number of fused-ring (bicyclic) bond motifs is 4. The molecule has 2 heterocycles. The van der Waals surface area contributed by atoms with Crippen molar-refractivity contribution in [2.24, 2.45) is 23.7 Å². The largest absolute Gasteiger partial charge is 0.508 e. The van der Waals surface area contributed by atoms with Crippen molar-refractivity contribution < 1.29 is 28.7 Å². The zero-order valence-electron chi connectivity index (χ0n) is 23.7. The van der Waals surface area contributed by atoms with Gasteiger partial charge in [-0.25, -0.2) is 4.39 Å². The van der Waals surface area contributed by atoms with Gasteiger partial charge in [-0.05, 0) is 85.3 Å². The van der Waals surface area contributed by atoms with Gasteiger partial charge in [0.1, 0.15) is 11.6 Å². The van der Waals surface area contributed by atoms with E-state index in [1.165, 1.54) is 41.3 Å². The molecule has 10 heteroatoms. The van der Waals surface area contributed by atoms with Crippen molar-refractivity contribution in [2.75, 3.05) is 12.0 Å². The third kappa shape index (κ3) is 3.95. The molecule has 6 unspecified atom stereocenters. The Morgan fingerprint density at radius 3 is 2.25 bits per heavy atom. The maximum Gasteiger partial charge on any atom is 0.260 e. The summed E-state index contributed by atoms with van der Waals surface area (Å²) in [5.41, 5.74) is 3.92. The van der Waals surface area contributed by atoms with Crippen molar-refractivity contribution in [3.63, 3.8) is 0 Å². The Morgan fingerprint density at radius 2 is 1.59 bits per heavy atom. The normalized spacial score (nSPS) is 29.3. The highest BCUT2D eigenvalue weighted by Gasteiger charge is 2.70. The average Bonchev–Trinajstić information content (AvgIpc) is 3.39. The van der Waals surface area contributed by atoms with E-state index in [4.69, 9.17) is 11.6 Å². The predicted molar refractivity (Wildman–Crippen MR) is 160 cm³/mol. The number of imide groups is 2. The fraction of sp³-hybridized carbons (Fsp3) is 0.294. The Kier molecular flexibility index (Phi) is 6.62. The number of carbonyl (C=O) groups is 4. The van der Waals surface area contributed by atoms with Crippen LogP contribution in [0.4, 0.5) is 10.1 Å². The van der Waals surface area contributed by atoms with Gasteiger partial charge in [0.15, 0.2) is 0 Å². The van der Waals surface area contributed by atoms with E-state index in [0.29, 0.717) is 28.3 Å². The molecule has 0 spiro atoms. The first kappa shape index (κ1) is 28.3. The molecule has 44 heavy (non-hydrogen) atoms. The summed E-state index contributed by atoms with van der Waals surface area (Å²) >= 11 is 6.29. The first-order valence-electron chi connectivity index (χ1n) is 14.7. The molecule has 3 aromatic carbocycles. The molecule has 2 N–H and O–H groups in total. The van der Waals surface area contributed by atoms with Crippen molar-refractivity contribution in [1.29, 1.82) is 0 Å². The minimum atomic E-state index is -1.45. The van der Waals surface area contributed by atoms with Gasteiger partial charge in [0.2, 0.25) is 11.8 Å². The molecule has 6 atom stereocenters. The van der Waals surface area contributed by atoms with E-state index >= 15 is 0 Å². The first-order valence-corrected chi connectivity index (χ1v) is 15.0. The first-order chi connectivity index (χ1) is 21.2. The number of nitrogens with one attached hydrogen (secondary N) is 1. The fourth-order valence-electron chi connectivity index (χ4n) is 8.07. The quantitative estimate of drug-likeness (QED) is 0.303. The molecule has 2 aliphatic carbocycles. The number of likely N-dealkylation sites (tertiary alicyclic amines) is 1. The average molecular weight is 614 g/mol. The van der Waals surface area contributed by atoms with Crippen LogP contribution in [0.2, 0.25) is 5.02 Å². The standard InChI is InChI=1S/C34H29ClFN3O5/c1-2-38-30(41)25-16-15-24-26(28(25)32(38)43)17-27-31(42)39(37-22-11-9-21(36)10-12-22)33(44)34(27,19-5-7-20(35)8-6-19)29(24)18-3-13-23(40)14-4-18/h3-15,25-29,37,40H,2,16-17H2,1H3. The Morgan fingerprint density at radius 1 is 0.909 bits per heavy atom. The van der Waals surface area contributed by atoms with Gasteiger partial charge in [-0.2, -0.15) is 5.01 Å². The summed E-state index contributed by atoms with van der Waals surface area (Å²) in [4.78, 5) is 57.6. The lowest BCUT2D eigenvalue weighted by atomic mass is 9.49. The maximum atomic E-state index is 14.9. The third-order valence-electron chi connectivity index (χ3n) is 9.89. The number of phenolic OH excluding ortho intramolecular Hbond substituents is 1. The molecule has 4 aliphatic rings. The van der Waals surface area contributed by atoms with Crippen LogP contribution in [0.15, 0.2) is 84.4 Å². The van der Waals surface area contributed by atoms with Gasteiger partial charge in [0, 0.05) is 17.5 Å². The molecule has 1 saturated carbocycles. The van der Waals surface area contributed by atoms with Gasteiger partial charge in [-0.15, -0.1) is 0 Å². The van der Waals surface area contributed by atoms with Crippen molar-refractivity contribution in [3.8, 4) is 5.75 Å². The molecule has 2 saturated heterocycles. The zero-order valence-corrected chi connectivity index (χ0v) is 24.5. The van der Waals surface area contributed by atoms with Crippen LogP contribution in [0.1, 0.15) is 36.8 Å². The van der Waals surface area contributed by atoms with Crippen molar-refractivity contribution >= 4 is 40.9 Å². The van der Waals surface area contributed by atoms with E-state index in [2.05, 4.69) is 5.43 Å². The van der Waals surface area contributed by atoms with Crippen LogP contribution in [-0.4, -0.2) is 45.2 Å². The van der Waals surface area contributed by atoms with E-state index in [1.807, 2.05) is 6.08 Å². The maximum absolute atomic E-state index is 14.9. The summed E-state index contributed by atoms with van der Waals surface area (Å²) < 4.78 is 13.7. The summed E-state index contributed by atoms with van der Waals surface area (Å²) in [5.74, 6) is -5.12. The third-order valence-corrected chi connectivity index (χ3v) is 10.1.